The minimum atomic E-state index is -1.32. The predicted molar refractivity (Wildman–Crippen MR) is 77.9 cm³/mol. The lowest BCUT2D eigenvalue weighted by Crippen LogP contribution is -2.34. The quantitative estimate of drug-likeness (QED) is 0.392. The van der Waals surface area contributed by atoms with E-state index in [1.807, 2.05) is 0 Å². The number of rotatable bonds is 4. The highest BCUT2D eigenvalue weighted by atomic mass is 79.9. The first-order chi connectivity index (χ1) is 9.24. The molecule has 6 nitrogen and oxygen atoms in total. The number of azide groups is 1. The van der Waals surface area contributed by atoms with Crippen molar-refractivity contribution in [2.24, 2.45) is 5.11 Å². The van der Waals surface area contributed by atoms with Crippen LogP contribution in [-0.2, 0) is 9.53 Å². The fraction of sp³-hybridized carbons (Fsp3) is 0.462. The first-order valence-electron chi connectivity index (χ1n) is 5.95. The van der Waals surface area contributed by atoms with Gasteiger partial charge in [0.15, 0.2) is 6.04 Å². The van der Waals surface area contributed by atoms with E-state index in [2.05, 4.69) is 26.0 Å². The number of ether oxygens (including phenoxy) is 1. The van der Waals surface area contributed by atoms with Gasteiger partial charge in [-0.3, -0.25) is 4.79 Å². The Bertz CT molecular complexity index is 519. The topological polar surface area (TPSA) is 95.3 Å². The van der Waals surface area contributed by atoms with Gasteiger partial charge in [0, 0.05) is 9.38 Å². The van der Waals surface area contributed by atoms with Gasteiger partial charge in [-0.25, -0.2) is 0 Å². The predicted octanol–water partition coefficient (Wildman–Crippen LogP) is 3.50. The van der Waals surface area contributed by atoms with Gasteiger partial charge in [-0.2, -0.15) is 0 Å². The molecular formula is C13H16BrN3O3. The molecule has 0 aliphatic heterocycles. The summed E-state index contributed by atoms with van der Waals surface area (Å²) in [6, 6.07) is 5.40. The number of aliphatic hydroxyl groups is 1. The maximum atomic E-state index is 12.0. The summed E-state index contributed by atoms with van der Waals surface area (Å²) in [7, 11) is 0. The van der Waals surface area contributed by atoms with Crippen molar-refractivity contribution in [3.8, 4) is 0 Å². The average molecular weight is 342 g/mol. The van der Waals surface area contributed by atoms with Gasteiger partial charge in [0.05, 0.1) is 6.10 Å². The number of nitrogens with zero attached hydrogens (tertiary/aromatic N) is 3. The van der Waals surface area contributed by atoms with Crippen LogP contribution in [0.2, 0.25) is 0 Å². The summed E-state index contributed by atoms with van der Waals surface area (Å²) >= 11 is 3.28. The second-order valence-electron chi connectivity index (χ2n) is 5.18. The molecule has 1 rings (SSSR count). The Balaban J connectivity index is 2.98. The number of aliphatic hydroxyl groups excluding tert-OH is 1. The zero-order valence-electron chi connectivity index (χ0n) is 11.4. The summed E-state index contributed by atoms with van der Waals surface area (Å²) in [5, 5.41) is 13.5. The Labute approximate surface area is 125 Å². The van der Waals surface area contributed by atoms with Gasteiger partial charge in [0.2, 0.25) is 0 Å². The number of halogens is 1. The fourth-order valence-electron chi connectivity index (χ4n) is 1.50. The molecule has 0 aliphatic rings. The van der Waals surface area contributed by atoms with Crippen LogP contribution in [0.15, 0.2) is 33.9 Å². The van der Waals surface area contributed by atoms with Crippen LogP contribution in [0.4, 0.5) is 0 Å². The highest BCUT2D eigenvalue weighted by molar-refractivity contribution is 9.10. The summed E-state index contributed by atoms with van der Waals surface area (Å²) < 4.78 is 5.98. The number of hydrogen-bond donors (Lipinski definition) is 1. The SMILES string of the molecule is CC(C)(C)OC(=O)[C@@H](N=[N+]=[N-])[C@@H](O)c1ccc(Br)cc1. The minimum Gasteiger partial charge on any atom is -0.460 e. The monoisotopic (exact) mass is 341 g/mol. The second kappa shape index (κ2) is 6.74. The highest BCUT2D eigenvalue weighted by Gasteiger charge is 2.31. The van der Waals surface area contributed by atoms with Crippen LogP contribution in [-0.4, -0.2) is 22.7 Å². The van der Waals surface area contributed by atoms with E-state index in [1.165, 1.54) is 0 Å². The maximum absolute atomic E-state index is 12.0. The first kappa shape index (κ1) is 16.5. The molecule has 0 unspecified atom stereocenters. The molecule has 0 radical (unpaired) electrons. The fourth-order valence-corrected chi connectivity index (χ4v) is 1.76. The first-order valence-corrected chi connectivity index (χ1v) is 6.74. The Morgan fingerprint density at radius 3 is 2.40 bits per heavy atom. The van der Waals surface area contributed by atoms with Crippen molar-refractivity contribution < 1.29 is 14.6 Å². The molecule has 0 aliphatic carbocycles. The van der Waals surface area contributed by atoms with Gasteiger partial charge >= 0.3 is 5.97 Å². The molecule has 1 aromatic carbocycles. The summed E-state index contributed by atoms with van der Waals surface area (Å²) in [5.41, 5.74) is 8.30. The van der Waals surface area contributed by atoms with Crippen LogP contribution in [0, 0.1) is 0 Å². The van der Waals surface area contributed by atoms with Crippen molar-refractivity contribution >= 4 is 21.9 Å². The number of hydrogen-bond acceptors (Lipinski definition) is 4. The molecule has 0 heterocycles. The normalized spacial score (nSPS) is 14.1. The third-order valence-electron chi connectivity index (χ3n) is 2.33. The van der Waals surface area contributed by atoms with Crippen molar-refractivity contribution in [2.45, 2.75) is 38.5 Å². The number of carbonyl (C=O) groups excluding carboxylic acids is 1. The Hall–Kier alpha value is -1.56. The Kier molecular flexibility index (Phi) is 5.56. The van der Waals surface area contributed by atoms with E-state index in [9.17, 15) is 9.90 Å². The number of carbonyl (C=O) groups is 1. The molecule has 1 N–H and O–H groups in total. The molecule has 0 aromatic heterocycles. The van der Waals surface area contributed by atoms with E-state index in [0.29, 0.717) is 5.56 Å². The zero-order valence-corrected chi connectivity index (χ0v) is 13.0. The molecule has 0 bridgehead atoms. The third kappa shape index (κ3) is 4.85. The molecule has 7 heteroatoms. The van der Waals surface area contributed by atoms with E-state index >= 15 is 0 Å². The molecule has 0 amide bonds. The van der Waals surface area contributed by atoms with Crippen LogP contribution in [0.5, 0.6) is 0 Å². The maximum Gasteiger partial charge on any atom is 0.318 e. The van der Waals surface area contributed by atoms with E-state index in [-0.39, 0.29) is 0 Å². The van der Waals surface area contributed by atoms with E-state index in [1.54, 1.807) is 45.0 Å². The van der Waals surface area contributed by atoms with Gasteiger partial charge < -0.3 is 9.84 Å². The van der Waals surface area contributed by atoms with Gasteiger partial charge in [-0.1, -0.05) is 33.2 Å². The van der Waals surface area contributed by atoms with Crippen LogP contribution in [0.3, 0.4) is 0 Å². The molecule has 0 saturated heterocycles. The van der Waals surface area contributed by atoms with Crippen LogP contribution >= 0.6 is 15.9 Å². The van der Waals surface area contributed by atoms with Gasteiger partial charge in [-0.05, 0) is 44.0 Å². The summed E-state index contributed by atoms with van der Waals surface area (Å²) in [6.45, 7) is 5.10. The lowest BCUT2D eigenvalue weighted by atomic mass is 10.0. The van der Waals surface area contributed by atoms with E-state index in [4.69, 9.17) is 10.3 Å². The van der Waals surface area contributed by atoms with Crippen molar-refractivity contribution in [3.05, 3.63) is 44.7 Å². The summed E-state index contributed by atoms with van der Waals surface area (Å²) in [4.78, 5) is 14.6. The van der Waals surface area contributed by atoms with Gasteiger partial charge in [0.25, 0.3) is 0 Å². The van der Waals surface area contributed by atoms with E-state index in [0.717, 1.165) is 4.47 Å². The van der Waals surface area contributed by atoms with Crippen molar-refractivity contribution in [3.63, 3.8) is 0 Å². The van der Waals surface area contributed by atoms with Crippen molar-refractivity contribution in [1.82, 2.24) is 0 Å². The average Bonchev–Trinajstić information content (AvgIpc) is 2.34. The molecule has 0 saturated carbocycles. The summed E-state index contributed by atoms with van der Waals surface area (Å²) in [6.07, 6.45) is -1.26. The van der Waals surface area contributed by atoms with Crippen LogP contribution < -0.4 is 0 Å². The number of benzene rings is 1. The molecular weight excluding hydrogens is 326 g/mol. The molecule has 20 heavy (non-hydrogen) atoms. The third-order valence-corrected chi connectivity index (χ3v) is 2.86. The molecule has 108 valence electrons. The molecule has 0 spiro atoms. The van der Waals surface area contributed by atoms with Crippen LogP contribution in [0.25, 0.3) is 10.4 Å². The molecule has 1 aromatic rings. The standard InChI is InChI=1S/C13H16BrN3O3/c1-13(2,3)20-12(19)10(16-17-15)11(18)8-4-6-9(14)7-5-8/h4-7,10-11,18H,1-3H3/t10-,11-/m0/s1. The number of esters is 1. The van der Waals surface area contributed by atoms with Gasteiger partial charge in [-0.15, -0.1) is 0 Å². The van der Waals surface area contributed by atoms with Crippen molar-refractivity contribution in [1.29, 1.82) is 0 Å². The smallest absolute Gasteiger partial charge is 0.318 e. The van der Waals surface area contributed by atoms with Crippen LogP contribution in [0.1, 0.15) is 32.4 Å². The van der Waals surface area contributed by atoms with E-state index < -0.39 is 23.7 Å². The largest absolute Gasteiger partial charge is 0.460 e. The lowest BCUT2D eigenvalue weighted by Gasteiger charge is -2.24. The minimum absolute atomic E-state index is 0.469. The lowest BCUT2D eigenvalue weighted by molar-refractivity contribution is -0.159. The molecule has 2 atom stereocenters. The Morgan fingerprint density at radius 2 is 1.95 bits per heavy atom. The van der Waals surface area contributed by atoms with Crippen molar-refractivity contribution in [2.75, 3.05) is 0 Å². The van der Waals surface area contributed by atoms with Gasteiger partial charge in [0.1, 0.15) is 5.60 Å². The zero-order chi connectivity index (χ0) is 15.3. The second-order valence-corrected chi connectivity index (χ2v) is 6.10. The Morgan fingerprint density at radius 1 is 1.40 bits per heavy atom. The molecule has 0 fully saturated rings. The summed E-state index contributed by atoms with van der Waals surface area (Å²) in [5.74, 6) is -0.759. The highest BCUT2D eigenvalue weighted by Crippen LogP contribution is 2.24.